The molecule has 0 heterocycles. The van der Waals surface area contributed by atoms with Crippen LogP contribution in [0, 0.1) is 0 Å². The van der Waals surface area contributed by atoms with Crippen LogP contribution in [0.5, 0.6) is 0 Å². The lowest BCUT2D eigenvalue weighted by molar-refractivity contribution is -0.174. The van der Waals surface area contributed by atoms with E-state index in [2.05, 4.69) is 0 Å². The molecule has 17 heavy (non-hydrogen) atoms. The van der Waals surface area contributed by atoms with Gasteiger partial charge in [0.15, 0.2) is 0 Å². The number of carbonyl (C=O) groups excluding carboxylic acids is 2. The fourth-order valence-corrected chi connectivity index (χ4v) is 0.951. The third kappa shape index (κ3) is 5.73. The molecule has 0 radical (unpaired) electrons. The van der Waals surface area contributed by atoms with Gasteiger partial charge in [-0.2, -0.15) is 13.2 Å². The average Bonchev–Trinajstić information content (AvgIpc) is 2.20. The highest BCUT2D eigenvalue weighted by Crippen LogP contribution is 2.15. The maximum Gasteiger partial charge on any atom is 0.471 e. The van der Waals surface area contributed by atoms with E-state index in [9.17, 15) is 27.6 Å². The summed E-state index contributed by atoms with van der Waals surface area (Å²) in [5.41, 5.74) is 0. The van der Waals surface area contributed by atoms with Crippen molar-refractivity contribution in [1.29, 1.82) is 0 Å². The first-order valence-electron chi connectivity index (χ1n) is 4.49. The molecule has 3 N–H and O–H groups in total. The van der Waals surface area contributed by atoms with E-state index in [0.29, 0.717) is 0 Å². The number of rotatable bonds is 5. The van der Waals surface area contributed by atoms with Gasteiger partial charge in [0, 0.05) is 13.5 Å². The predicted octanol–water partition coefficient (Wildman–Crippen LogP) is -0.356. The molecule has 0 rings (SSSR count). The molecule has 0 bridgehead atoms. The lowest BCUT2D eigenvalue weighted by Gasteiger charge is -2.17. The zero-order valence-corrected chi connectivity index (χ0v) is 8.80. The second-order valence-electron chi connectivity index (χ2n) is 3.07. The van der Waals surface area contributed by atoms with Gasteiger partial charge in [-0.1, -0.05) is 0 Å². The number of hydrogen-bond donors (Lipinski definition) is 3. The number of alkyl halides is 3. The fraction of sp³-hybridized carbons (Fsp3) is 0.625. The van der Waals surface area contributed by atoms with Crippen LogP contribution in [0.3, 0.4) is 0 Å². The Labute approximate surface area is 94.2 Å². The molecular formula is C8H11F3N2O4. The first-order valence-corrected chi connectivity index (χ1v) is 4.49. The molecule has 0 aliphatic rings. The molecule has 0 spiro atoms. The third-order valence-corrected chi connectivity index (χ3v) is 1.77. The molecule has 0 aromatic heterocycles. The van der Waals surface area contributed by atoms with Crippen molar-refractivity contribution in [2.24, 2.45) is 0 Å². The summed E-state index contributed by atoms with van der Waals surface area (Å²) in [6.07, 6.45) is -6.07. The van der Waals surface area contributed by atoms with Crippen LogP contribution in [0.1, 0.15) is 12.8 Å². The van der Waals surface area contributed by atoms with Crippen molar-refractivity contribution >= 4 is 17.8 Å². The molecule has 0 saturated carbocycles. The van der Waals surface area contributed by atoms with Crippen molar-refractivity contribution in [2.45, 2.75) is 25.1 Å². The van der Waals surface area contributed by atoms with Gasteiger partial charge >= 0.3 is 18.1 Å². The summed E-state index contributed by atoms with van der Waals surface area (Å²) in [5, 5.41) is 11.8. The molecule has 2 amide bonds. The highest BCUT2D eigenvalue weighted by molar-refractivity contribution is 5.89. The number of carboxylic acids is 1. The highest BCUT2D eigenvalue weighted by Gasteiger charge is 2.40. The monoisotopic (exact) mass is 256 g/mol. The third-order valence-electron chi connectivity index (χ3n) is 1.77. The molecule has 9 heteroatoms. The van der Waals surface area contributed by atoms with Crippen LogP contribution in [-0.2, 0) is 14.4 Å². The van der Waals surface area contributed by atoms with Crippen molar-refractivity contribution in [3.8, 4) is 0 Å². The van der Waals surface area contributed by atoms with Crippen molar-refractivity contribution in [1.82, 2.24) is 10.6 Å². The number of amides is 2. The highest BCUT2D eigenvalue weighted by atomic mass is 19.4. The lowest BCUT2D eigenvalue weighted by Crippen LogP contribution is -2.50. The van der Waals surface area contributed by atoms with Crippen LogP contribution in [-0.4, -0.2) is 42.2 Å². The number of likely N-dealkylation sites (N-methyl/N-ethyl adjacent to an activating group) is 1. The Hall–Kier alpha value is -1.80. The molecule has 0 fully saturated rings. The van der Waals surface area contributed by atoms with Crippen LogP contribution in [0.15, 0.2) is 0 Å². The smallest absolute Gasteiger partial charge is 0.471 e. The van der Waals surface area contributed by atoms with Gasteiger partial charge < -0.3 is 15.7 Å². The molecule has 0 aromatic carbocycles. The molecule has 0 aromatic rings. The molecule has 6 nitrogen and oxygen atoms in total. The van der Waals surface area contributed by atoms with Gasteiger partial charge in [-0.05, 0) is 6.42 Å². The normalized spacial score (nSPS) is 12.7. The quantitative estimate of drug-likeness (QED) is 0.626. The zero-order chi connectivity index (χ0) is 13.6. The Balaban J connectivity index is 4.55. The zero-order valence-electron chi connectivity index (χ0n) is 8.80. The summed E-state index contributed by atoms with van der Waals surface area (Å²) in [6.45, 7) is 0. The van der Waals surface area contributed by atoms with Crippen molar-refractivity contribution < 1.29 is 32.7 Å². The topological polar surface area (TPSA) is 95.5 Å². The van der Waals surface area contributed by atoms with Gasteiger partial charge in [0.05, 0.1) is 0 Å². The molecule has 98 valence electrons. The maximum atomic E-state index is 11.9. The van der Waals surface area contributed by atoms with E-state index in [1.807, 2.05) is 5.32 Å². The Kier molecular flexibility index (Phi) is 5.42. The van der Waals surface area contributed by atoms with E-state index in [4.69, 9.17) is 5.11 Å². The largest absolute Gasteiger partial charge is 0.481 e. The van der Waals surface area contributed by atoms with Crippen LogP contribution >= 0.6 is 0 Å². The van der Waals surface area contributed by atoms with Gasteiger partial charge in [0.25, 0.3) is 0 Å². The minimum absolute atomic E-state index is 0.420. The molecule has 0 aliphatic heterocycles. The first kappa shape index (κ1) is 15.2. The van der Waals surface area contributed by atoms with Crippen LogP contribution in [0.25, 0.3) is 0 Å². The molecule has 0 unspecified atom stereocenters. The van der Waals surface area contributed by atoms with Gasteiger partial charge in [0.2, 0.25) is 5.91 Å². The summed E-state index contributed by atoms with van der Waals surface area (Å²) in [6, 6.07) is -1.52. The number of aliphatic carboxylic acids is 1. The SMILES string of the molecule is CNC(=O)[C@H](CCC(=O)O)NC(=O)C(F)(F)F. The fourth-order valence-electron chi connectivity index (χ4n) is 0.951. The summed E-state index contributed by atoms with van der Waals surface area (Å²) < 4.78 is 35.7. The summed E-state index contributed by atoms with van der Waals surface area (Å²) in [5.74, 6) is -4.44. The van der Waals surface area contributed by atoms with Crippen LogP contribution < -0.4 is 10.6 Å². The van der Waals surface area contributed by atoms with E-state index in [1.165, 1.54) is 5.32 Å². The predicted molar refractivity (Wildman–Crippen MR) is 48.9 cm³/mol. The molecule has 0 aliphatic carbocycles. The lowest BCUT2D eigenvalue weighted by atomic mass is 10.1. The number of halogens is 3. The van der Waals surface area contributed by atoms with Gasteiger partial charge in [-0.15, -0.1) is 0 Å². The van der Waals surface area contributed by atoms with Crippen molar-refractivity contribution in [3.63, 3.8) is 0 Å². The Bertz CT molecular complexity index is 316. The molecular weight excluding hydrogens is 245 g/mol. The van der Waals surface area contributed by atoms with E-state index in [0.717, 1.165) is 7.05 Å². The molecule has 1 atom stereocenters. The summed E-state index contributed by atoms with van der Waals surface area (Å²) in [4.78, 5) is 31.9. The number of carbonyl (C=O) groups is 3. The second kappa shape index (κ2) is 6.06. The average molecular weight is 256 g/mol. The van der Waals surface area contributed by atoms with E-state index in [1.54, 1.807) is 0 Å². The standard InChI is InChI=1S/C8H11F3N2O4/c1-12-6(16)4(2-3-5(14)15)13-7(17)8(9,10)11/h4H,2-3H2,1H3,(H,12,16)(H,13,17)(H,14,15)/t4-/m0/s1. The first-order chi connectivity index (χ1) is 7.68. The van der Waals surface area contributed by atoms with E-state index >= 15 is 0 Å². The van der Waals surface area contributed by atoms with Crippen molar-refractivity contribution in [2.75, 3.05) is 7.05 Å². The number of nitrogens with one attached hydrogen (secondary N) is 2. The molecule has 0 saturated heterocycles. The van der Waals surface area contributed by atoms with Crippen LogP contribution in [0.2, 0.25) is 0 Å². The van der Waals surface area contributed by atoms with Gasteiger partial charge in [-0.25, -0.2) is 0 Å². The number of carboxylic acid groups (broad SMARTS) is 1. The number of hydrogen-bond acceptors (Lipinski definition) is 3. The minimum atomic E-state index is -5.12. The summed E-state index contributed by atoms with van der Waals surface area (Å²) in [7, 11) is 1.16. The van der Waals surface area contributed by atoms with Crippen LogP contribution in [0.4, 0.5) is 13.2 Å². The Morgan fingerprint density at radius 3 is 2.18 bits per heavy atom. The van der Waals surface area contributed by atoms with Crippen molar-refractivity contribution in [3.05, 3.63) is 0 Å². The van der Waals surface area contributed by atoms with Gasteiger partial charge in [0.1, 0.15) is 6.04 Å². The maximum absolute atomic E-state index is 11.9. The second-order valence-corrected chi connectivity index (χ2v) is 3.07. The van der Waals surface area contributed by atoms with E-state index in [-0.39, 0.29) is 0 Å². The summed E-state index contributed by atoms with van der Waals surface area (Å²) >= 11 is 0. The Morgan fingerprint density at radius 1 is 1.29 bits per heavy atom. The van der Waals surface area contributed by atoms with Gasteiger partial charge in [-0.3, -0.25) is 14.4 Å². The Morgan fingerprint density at radius 2 is 1.82 bits per heavy atom. The van der Waals surface area contributed by atoms with E-state index < -0.39 is 42.8 Å². The minimum Gasteiger partial charge on any atom is -0.481 e.